The normalized spacial score (nSPS) is 12.9. The Labute approximate surface area is 172 Å². The SMILES string of the molecule is O=C(CN1CCCc2ccccc21)NNC(=O)c1cc(-c2ccc(Cl)cc2)on1. The molecule has 0 fully saturated rings. The standard InChI is InChI=1S/C21H19ClN4O3/c22-16-9-7-15(8-10-16)19-12-17(25-29-19)21(28)24-23-20(27)13-26-11-3-5-14-4-1-2-6-18(14)26/h1-2,4,6-10,12H,3,5,11,13H2,(H,23,27)(H,24,28). The summed E-state index contributed by atoms with van der Waals surface area (Å²) in [5.41, 5.74) is 7.92. The molecule has 0 saturated heterocycles. The van der Waals surface area contributed by atoms with E-state index in [1.807, 2.05) is 23.1 Å². The number of halogens is 1. The molecular weight excluding hydrogens is 392 g/mol. The number of fused-ring (bicyclic) bond motifs is 1. The summed E-state index contributed by atoms with van der Waals surface area (Å²) in [5, 5.41) is 4.36. The fraction of sp³-hybridized carbons (Fsp3) is 0.190. The van der Waals surface area contributed by atoms with Crippen molar-refractivity contribution in [3.8, 4) is 11.3 Å². The van der Waals surface area contributed by atoms with Crippen molar-refractivity contribution >= 4 is 29.1 Å². The number of aromatic nitrogens is 1. The summed E-state index contributed by atoms with van der Waals surface area (Å²) in [7, 11) is 0. The van der Waals surface area contributed by atoms with E-state index in [1.54, 1.807) is 24.3 Å². The lowest BCUT2D eigenvalue weighted by Crippen LogP contribution is -2.47. The zero-order valence-corrected chi connectivity index (χ0v) is 16.3. The summed E-state index contributed by atoms with van der Waals surface area (Å²) in [4.78, 5) is 26.6. The van der Waals surface area contributed by atoms with E-state index in [1.165, 1.54) is 11.6 Å². The minimum Gasteiger partial charge on any atom is -0.362 e. The monoisotopic (exact) mass is 410 g/mol. The van der Waals surface area contributed by atoms with Gasteiger partial charge >= 0.3 is 0 Å². The van der Waals surface area contributed by atoms with Gasteiger partial charge in [0.1, 0.15) is 0 Å². The third-order valence-electron chi connectivity index (χ3n) is 4.73. The lowest BCUT2D eigenvalue weighted by atomic mass is 10.0. The smallest absolute Gasteiger partial charge is 0.291 e. The molecule has 0 bridgehead atoms. The molecule has 2 heterocycles. The van der Waals surface area contributed by atoms with Gasteiger partial charge in [-0.2, -0.15) is 0 Å². The van der Waals surface area contributed by atoms with Crippen LogP contribution in [0.1, 0.15) is 22.5 Å². The summed E-state index contributed by atoms with van der Waals surface area (Å²) in [6.45, 7) is 0.957. The van der Waals surface area contributed by atoms with Crippen LogP contribution in [-0.2, 0) is 11.2 Å². The van der Waals surface area contributed by atoms with Gasteiger partial charge in [-0.1, -0.05) is 35.0 Å². The minimum absolute atomic E-state index is 0.0681. The molecule has 4 rings (SSSR count). The summed E-state index contributed by atoms with van der Waals surface area (Å²) in [5.74, 6) is -0.430. The first kappa shape index (κ1) is 19.0. The van der Waals surface area contributed by atoms with Crippen molar-refractivity contribution in [1.82, 2.24) is 16.0 Å². The Balaban J connectivity index is 1.33. The van der Waals surface area contributed by atoms with Gasteiger partial charge in [-0.3, -0.25) is 20.4 Å². The van der Waals surface area contributed by atoms with E-state index in [2.05, 4.69) is 22.1 Å². The molecule has 1 aliphatic heterocycles. The second-order valence-electron chi connectivity index (χ2n) is 6.74. The minimum atomic E-state index is -0.554. The zero-order chi connectivity index (χ0) is 20.2. The molecule has 0 spiro atoms. The largest absolute Gasteiger partial charge is 0.362 e. The van der Waals surface area contributed by atoms with Gasteiger partial charge in [0.05, 0.1) is 6.54 Å². The van der Waals surface area contributed by atoms with Crippen LogP contribution in [0.5, 0.6) is 0 Å². The van der Waals surface area contributed by atoms with E-state index in [0.717, 1.165) is 30.6 Å². The molecule has 7 nitrogen and oxygen atoms in total. The number of nitrogens with zero attached hydrogens (tertiary/aromatic N) is 2. The molecular formula is C21H19ClN4O3. The Morgan fingerprint density at radius 2 is 1.90 bits per heavy atom. The Kier molecular flexibility index (Phi) is 5.48. The molecule has 2 N–H and O–H groups in total. The van der Waals surface area contributed by atoms with Gasteiger partial charge in [0.2, 0.25) is 0 Å². The number of hydrazine groups is 1. The van der Waals surface area contributed by atoms with Gasteiger partial charge in [0.15, 0.2) is 11.5 Å². The third kappa shape index (κ3) is 4.41. The lowest BCUT2D eigenvalue weighted by Gasteiger charge is -2.30. The van der Waals surface area contributed by atoms with Crippen LogP contribution in [0.25, 0.3) is 11.3 Å². The fourth-order valence-electron chi connectivity index (χ4n) is 3.31. The molecule has 0 unspecified atom stereocenters. The van der Waals surface area contributed by atoms with Gasteiger partial charge in [-0.05, 0) is 48.7 Å². The molecule has 1 aromatic heterocycles. The molecule has 8 heteroatoms. The first-order valence-electron chi connectivity index (χ1n) is 9.25. The predicted molar refractivity (Wildman–Crippen MR) is 110 cm³/mol. The van der Waals surface area contributed by atoms with Crippen LogP contribution in [0.15, 0.2) is 59.1 Å². The number of benzene rings is 2. The number of rotatable bonds is 4. The number of aryl methyl sites for hydroxylation is 1. The quantitative estimate of drug-likeness (QED) is 0.645. The van der Waals surface area contributed by atoms with E-state index >= 15 is 0 Å². The van der Waals surface area contributed by atoms with Crippen LogP contribution in [0.4, 0.5) is 5.69 Å². The van der Waals surface area contributed by atoms with Gasteiger partial charge in [-0.15, -0.1) is 0 Å². The molecule has 0 atom stereocenters. The van der Waals surface area contributed by atoms with Gasteiger partial charge < -0.3 is 9.42 Å². The van der Waals surface area contributed by atoms with Crippen LogP contribution in [-0.4, -0.2) is 30.1 Å². The Hall–Kier alpha value is -3.32. The van der Waals surface area contributed by atoms with Crippen LogP contribution < -0.4 is 15.8 Å². The Morgan fingerprint density at radius 1 is 1.10 bits per heavy atom. The van der Waals surface area contributed by atoms with Crippen LogP contribution >= 0.6 is 11.6 Å². The summed E-state index contributed by atoms with van der Waals surface area (Å²) in [6, 6.07) is 16.5. The fourth-order valence-corrected chi connectivity index (χ4v) is 3.44. The van der Waals surface area contributed by atoms with Crippen molar-refractivity contribution in [3.63, 3.8) is 0 Å². The number of hydrogen-bond acceptors (Lipinski definition) is 5. The molecule has 1 aliphatic rings. The zero-order valence-electron chi connectivity index (χ0n) is 15.5. The molecule has 0 saturated carbocycles. The average molecular weight is 411 g/mol. The number of carbonyl (C=O) groups excluding carboxylic acids is 2. The van der Waals surface area contributed by atoms with E-state index in [9.17, 15) is 9.59 Å². The van der Waals surface area contributed by atoms with Gasteiger partial charge in [-0.25, -0.2) is 0 Å². The molecule has 0 aliphatic carbocycles. The number of anilines is 1. The third-order valence-corrected chi connectivity index (χ3v) is 4.98. The van der Waals surface area contributed by atoms with Crippen LogP contribution in [0.3, 0.4) is 0 Å². The Bertz CT molecular complexity index is 1030. The molecule has 148 valence electrons. The maximum Gasteiger partial charge on any atom is 0.291 e. The topological polar surface area (TPSA) is 87.5 Å². The highest BCUT2D eigenvalue weighted by Crippen LogP contribution is 2.26. The Morgan fingerprint density at radius 3 is 2.72 bits per heavy atom. The maximum absolute atomic E-state index is 12.3. The van der Waals surface area contributed by atoms with Crippen molar-refractivity contribution in [2.24, 2.45) is 0 Å². The second-order valence-corrected chi connectivity index (χ2v) is 7.18. The van der Waals surface area contributed by atoms with Crippen molar-refractivity contribution in [2.45, 2.75) is 12.8 Å². The molecule has 3 aromatic rings. The lowest BCUT2D eigenvalue weighted by molar-refractivity contribution is -0.120. The summed E-state index contributed by atoms with van der Waals surface area (Å²) < 4.78 is 5.20. The molecule has 2 amide bonds. The van der Waals surface area contributed by atoms with Gasteiger partial charge in [0.25, 0.3) is 11.8 Å². The first-order valence-corrected chi connectivity index (χ1v) is 9.62. The number of nitrogens with one attached hydrogen (secondary N) is 2. The van der Waals surface area contributed by atoms with E-state index in [4.69, 9.17) is 16.1 Å². The predicted octanol–water partition coefficient (Wildman–Crippen LogP) is 3.21. The highest BCUT2D eigenvalue weighted by Gasteiger charge is 2.19. The summed E-state index contributed by atoms with van der Waals surface area (Å²) in [6.07, 6.45) is 2.00. The number of para-hydroxylation sites is 1. The summed E-state index contributed by atoms with van der Waals surface area (Å²) >= 11 is 5.87. The van der Waals surface area contributed by atoms with E-state index in [0.29, 0.717) is 10.8 Å². The number of carbonyl (C=O) groups is 2. The van der Waals surface area contributed by atoms with E-state index < -0.39 is 5.91 Å². The average Bonchev–Trinajstić information content (AvgIpc) is 3.23. The first-order chi connectivity index (χ1) is 14.1. The van der Waals surface area contributed by atoms with Crippen molar-refractivity contribution in [1.29, 1.82) is 0 Å². The highest BCUT2D eigenvalue weighted by molar-refractivity contribution is 6.30. The van der Waals surface area contributed by atoms with Crippen LogP contribution in [0.2, 0.25) is 5.02 Å². The molecule has 2 aromatic carbocycles. The van der Waals surface area contributed by atoms with E-state index in [-0.39, 0.29) is 18.1 Å². The van der Waals surface area contributed by atoms with Crippen molar-refractivity contribution in [3.05, 3.63) is 70.9 Å². The highest BCUT2D eigenvalue weighted by atomic mass is 35.5. The van der Waals surface area contributed by atoms with Gasteiger partial charge in [0, 0.05) is 28.9 Å². The number of hydrogen-bond donors (Lipinski definition) is 2. The molecule has 29 heavy (non-hydrogen) atoms. The van der Waals surface area contributed by atoms with Crippen LogP contribution in [0, 0.1) is 0 Å². The number of amides is 2. The van der Waals surface area contributed by atoms with Crippen molar-refractivity contribution < 1.29 is 14.1 Å². The maximum atomic E-state index is 12.3. The van der Waals surface area contributed by atoms with Crippen molar-refractivity contribution in [2.75, 3.05) is 18.0 Å². The second kappa shape index (κ2) is 8.36. The molecule has 0 radical (unpaired) electrons.